The Bertz CT molecular complexity index is 768. The summed E-state index contributed by atoms with van der Waals surface area (Å²) in [6, 6.07) is 1.01. The molecule has 2 rings (SSSR count). The maximum atomic E-state index is 13.8. The van der Waals surface area contributed by atoms with Crippen molar-refractivity contribution in [2.75, 3.05) is 6.61 Å². The second-order valence-corrected chi connectivity index (χ2v) is 3.86. The van der Waals surface area contributed by atoms with Gasteiger partial charge >= 0.3 is 5.97 Å². The van der Waals surface area contributed by atoms with Crippen LogP contribution in [0.1, 0.15) is 23.0 Å². The molecule has 0 unspecified atom stereocenters. The van der Waals surface area contributed by atoms with Crippen LogP contribution in [0.25, 0.3) is 5.69 Å². The number of carbonyl (C=O) groups is 1. The minimum atomic E-state index is -1.87. The van der Waals surface area contributed by atoms with Gasteiger partial charge in [-0.2, -0.15) is 5.26 Å². The molecule has 0 spiro atoms. The van der Waals surface area contributed by atoms with Crippen molar-refractivity contribution in [3.05, 3.63) is 40.7 Å². The first-order chi connectivity index (χ1) is 10.4. The average molecular weight is 314 g/mol. The maximum Gasteiger partial charge on any atom is 0.360 e. The molecule has 0 saturated carbocycles. The molecule has 22 heavy (non-hydrogen) atoms. The van der Waals surface area contributed by atoms with Crippen molar-refractivity contribution in [3.63, 3.8) is 0 Å². The predicted octanol–water partition coefficient (Wildman–Crippen LogP) is 1.87. The van der Waals surface area contributed by atoms with Crippen LogP contribution in [0.5, 0.6) is 0 Å². The quantitative estimate of drug-likeness (QED) is 0.491. The zero-order valence-electron chi connectivity index (χ0n) is 10.9. The fraction of sp³-hybridized carbons (Fsp3) is 0.167. The van der Waals surface area contributed by atoms with Crippen molar-refractivity contribution in [3.8, 4) is 11.8 Å². The van der Waals surface area contributed by atoms with Gasteiger partial charge in [-0.05, 0) is 6.92 Å². The topological polar surface area (TPSA) is 80.8 Å². The van der Waals surface area contributed by atoms with E-state index in [0.29, 0.717) is 4.68 Å². The summed E-state index contributed by atoms with van der Waals surface area (Å²) >= 11 is 0. The highest BCUT2D eigenvalue weighted by molar-refractivity contribution is 5.86. The molecule has 0 atom stereocenters. The van der Waals surface area contributed by atoms with Gasteiger partial charge in [0.05, 0.1) is 12.8 Å². The molecule has 0 aliphatic heterocycles. The molecule has 0 bridgehead atoms. The van der Waals surface area contributed by atoms with Crippen LogP contribution in [0.15, 0.2) is 6.20 Å². The smallest absolute Gasteiger partial charge is 0.360 e. The molecule has 1 heterocycles. The second kappa shape index (κ2) is 5.80. The number of halogens is 4. The lowest BCUT2D eigenvalue weighted by atomic mass is 10.1. The van der Waals surface area contributed by atoms with Crippen molar-refractivity contribution in [2.24, 2.45) is 0 Å². The minimum Gasteiger partial charge on any atom is -0.461 e. The molecule has 1 aromatic heterocycles. The van der Waals surface area contributed by atoms with Crippen molar-refractivity contribution in [2.45, 2.75) is 6.92 Å². The molecule has 0 aliphatic carbocycles. The van der Waals surface area contributed by atoms with Gasteiger partial charge in [-0.15, -0.1) is 5.10 Å². The summed E-state index contributed by atoms with van der Waals surface area (Å²) in [4.78, 5) is 11.4. The third-order valence-corrected chi connectivity index (χ3v) is 2.56. The van der Waals surface area contributed by atoms with Crippen molar-refractivity contribution >= 4 is 5.97 Å². The van der Waals surface area contributed by atoms with Crippen molar-refractivity contribution < 1.29 is 27.1 Å². The Morgan fingerprint density at radius 1 is 1.27 bits per heavy atom. The van der Waals surface area contributed by atoms with E-state index in [1.54, 1.807) is 0 Å². The SMILES string of the molecule is CCOC(=O)c1cn(-c2c(F)c(F)c(C#N)c(F)c2F)nn1. The highest BCUT2D eigenvalue weighted by atomic mass is 19.2. The molecule has 6 nitrogen and oxygen atoms in total. The number of nitriles is 1. The summed E-state index contributed by atoms with van der Waals surface area (Å²) < 4.78 is 59.6. The second-order valence-electron chi connectivity index (χ2n) is 3.86. The number of hydrogen-bond donors (Lipinski definition) is 0. The van der Waals surface area contributed by atoms with Crippen LogP contribution >= 0.6 is 0 Å². The standard InChI is InChI=1S/C12H6F4N4O2/c1-2-22-12(21)6-4-20(19-18-6)11-9(15)7(13)5(3-17)8(14)10(11)16/h4H,2H2,1H3. The third-order valence-electron chi connectivity index (χ3n) is 2.56. The van der Waals surface area contributed by atoms with Gasteiger partial charge < -0.3 is 4.74 Å². The summed E-state index contributed by atoms with van der Waals surface area (Å²) in [6.45, 7) is 1.54. The van der Waals surface area contributed by atoms with E-state index in [2.05, 4.69) is 15.0 Å². The summed E-state index contributed by atoms with van der Waals surface area (Å²) in [6.07, 6.45) is 0.740. The van der Waals surface area contributed by atoms with Gasteiger partial charge in [0.1, 0.15) is 17.3 Å². The number of ether oxygens (including phenoxy) is 1. The van der Waals surface area contributed by atoms with E-state index in [-0.39, 0.29) is 6.61 Å². The fourth-order valence-electron chi connectivity index (χ4n) is 1.59. The zero-order valence-corrected chi connectivity index (χ0v) is 10.9. The molecule has 10 heteroatoms. The Morgan fingerprint density at radius 2 is 1.86 bits per heavy atom. The van der Waals surface area contributed by atoms with E-state index in [9.17, 15) is 22.4 Å². The molecule has 2 aromatic rings. The number of benzene rings is 1. The van der Waals surface area contributed by atoms with Crippen LogP contribution in [0.4, 0.5) is 17.6 Å². The van der Waals surface area contributed by atoms with Gasteiger partial charge in [0.25, 0.3) is 0 Å². The molecule has 0 radical (unpaired) electrons. The molecule has 0 aliphatic rings. The maximum absolute atomic E-state index is 13.8. The first-order valence-electron chi connectivity index (χ1n) is 5.78. The molecular weight excluding hydrogens is 308 g/mol. The summed E-state index contributed by atoms with van der Waals surface area (Å²) in [5, 5.41) is 15.0. The Labute approximate surface area is 120 Å². The fourth-order valence-corrected chi connectivity index (χ4v) is 1.59. The number of esters is 1. The van der Waals surface area contributed by atoms with Crippen LogP contribution in [0.3, 0.4) is 0 Å². The van der Waals surface area contributed by atoms with Gasteiger partial charge in [0.2, 0.25) is 0 Å². The van der Waals surface area contributed by atoms with Gasteiger partial charge in [-0.25, -0.2) is 27.0 Å². The molecular formula is C12H6F4N4O2. The number of rotatable bonds is 3. The highest BCUT2D eigenvalue weighted by Gasteiger charge is 2.28. The van der Waals surface area contributed by atoms with Gasteiger partial charge in [0, 0.05) is 0 Å². The number of aromatic nitrogens is 3. The summed E-state index contributed by atoms with van der Waals surface area (Å²) in [5.41, 5.74) is -3.05. The average Bonchev–Trinajstić information content (AvgIpc) is 2.96. The lowest BCUT2D eigenvalue weighted by Gasteiger charge is -2.07. The predicted molar refractivity (Wildman–Crippen MR) is 61.9 cm³/mol. The van der Waals surface area contributed by atoms with E-state index in [4.69, 9.17) is 5.26 Å². The van der Waals surface area contributed by atoms with E-state index in [1.807, 2.05) is 0 Å². The van der Waals surface area contributed by atoms with Crippen LogP contribution in [0, 0.1) is 34.6 Å². The first-order valence-corrected chi connectivity index (χ1v) is 5.78. The van der Waals surface area contributed by atoms with Crippen molar-refractivity contribution in [1.29, 1.82) is 5.26 Å². The van der Waals surface area contributed by atoms with E-state index < -0.39 is 46.2 Å². The zero-order chi connectivity index (χ0) is 16.4. The molecule has 0 fully saturated rings. The van der Waals surface area contributed by atoms with Gasteiger partial charge in [-0.1, -0.05) is 5.21 Å². The molecule has 0 N–H and O–H groups in total. The van der Waals surface area contributed by atoms with Crippen LogP contribution in [-0.2, 0) is 4.74 Å². The summed E-state index contributed by atoms with van der Waals surface area (Å²) in [7, 11) is 0. The molecule has 0 saturated heterocycles. The van der Waals surface area contributed by atoms with Crippen LogP contribution in [0.2, 0.25) is 0 Å². The van der Waals surface area contributed by atoms with E-state index in [1.165, 1.54) is 6.92 Å². The molecule has 114 valence electrons. The number of nitrogens with zero attached hydrogens (tertiary/aromatic N) is 4. The Hall–Kier alpha value is -2.96. The van der Waals surface area contributed by atoms with Gasteiger partial charge in [0.15, 0.2) is 29.0 Å². The van der Waals surface area contributed by atoms with E-state index >= 15 is 0 Å². The Morgan fingerprint density at radius 3 is 2.36 bits per heavy atom. The Kier molecular flexibility index (Phi) is 4.07. The minimum absolute atomic E-state index is 0.0224. The van der Waals surface area contributed by atoms with E-state index in [0.717, 1.165) is 12.3 Å². The normalized spacial score (nSPS) is 10.4. The third kappa shape index (κ3) is 2.37. The lowest BCUT2D eigenvalue weighted by Crippen LogP contribution is -2.10. The van der Waals surface area contributed by atoms with Crippen LogP contribution in [-0.4, -0.2) is 27.6 Å². The largest absolute Gasteiger partial charge is 0.461 e. The first kappa shape index (κ1) is 15.4. The number of carbonyl (C=O) groups excluding carboxylic acids is 1. The lowest BCUT2D eigenvalue weighted by molar-refractivity contribution is 0.0519. The highest BCUT2D eigenvalue weighted by Crippen LogP contribution is 2.26. The van der Waals surface area contributed by atoms with Crippen LogP contribution < -0.4 is 0 Å². The van der Waals surface area contributed by atoms with Crippen molar-refractivity contribution in [1.82, 2.24) is 15.0 Å². The Balaban J connectivity index is 2.60. The molecule has 1 aromatic carbocycles. The summed E-state index contributed by atoms with van der Waals surface area (Å²) in [5.74, 6) is -8.34. The monoisotopic (exact) mass is 314 g/mol. The number of hydrogen-bond acceptors (Lipinski definition) is 5. The molecule has 0 amide bonds. The van der Waals surface area contributed by atoms with Gasteiger partial charge in [-0.3, -0.25) is 0 Å².